The minimum Gasteiger partial charge on any atom is -0.395 e. The van der Waals surface area contributed by atoms with E-state index in [1.165, 1.54) is 11.0 Å². The number of rotatable bonds is 5. The lowest BCUT2D eigenvalue weighted by Gasteiger charge is -2.22. The first-order chi connectivity index (χ1) is 10.5. The van der Waals surface area contributed by atoms with Crippen molar-refractivity contribution in [2.75, 3.05) is 13.2 Å². The Morgan fingerprint density at radius 1 is 1.45 bits per heavy atom. The Labute approximate surface area is 133 Å². The molecule has 0 saturated carbocycles. The highest BCUT2D eigenvalue weighted by Gasteiger charge is 2.20. The molecule has 0 aliphatic heterocycles. The molecule has 4 nitrogen and oxygen atoms in total. The van der Waals surface area contributed by atoms with Crippen LogP contribution in [0.1, 0.15) is 21.5 Å². The number of aliphatic hydroxyl groups excluding tert-OH is 1. The van der Waals surface area contributed by atoms with Crippen LogP contribution in [0, 0.1) is 12.7 Å². The number of carbonyl (C=O) groups excluding carboxylic acids is 1. The minimum atomic E-state index is -0.456. The fraction of sp³-hybridized carbons (Fsp3) is 0.250. The van der Waals surface area contributed by atoms with Crippen molar-refractivity contribution in [3.05, 3.63) is 64.2 Å². The normalized spacial score (nSPS) is 10.5. The summed E-state index contributed by atoms with van der Waals surface area (Å²) in [6.07, 6.45) is 3.29. The standard InChI is InChI=1S/C16H16ClFN2O2/c1-11-7-13(14(17)8-15(11)18)16(22)20(5-6-21)10-12-3-2-4-19-9-12/h2-4,7-9,21H,5-6,10H2,1H3. The molecule has 0 unspecified atom stereocenters. The topological polar surface area (TPSA) is 53.4 Å². The van der Waals surface area contributed by atoms with Crippen LogP contribution >= 0.6 is 11.6 Å². The summed E-state index contributed by atoms with van der Waals surface area (Å²) in [5, 5.41) is 9.23. The van der Waals surface area contributed by atoms with Gasteiger partial charge in [-0.2, -0.15) is 0 Å². The maximum absolute atomic E-state index is 13.5. The summed E-state index contributed by atoms with van der Waals surface area (Å²) in [7, 11) is 0. The van der Waals surface area contributed by atoms with Crippen molar-refractivity contribution in [3.8, 4) is 0 Å². The minimum absolute atomic E-state index is 0.0576. The molecule has 0 fully saturated rings. The molecule has 1 heterocycles. The summed E-state index contributed by atoms with van der Waals surface area (Å²) in [6.45, 7) is 1.84. The molecule has 0 radical (unpaired) electrons. The number of aromatic nitrogens is 1. The molecule has 1 aromatic carbocycles. The van der Waals surface area contributed by atoms with Crippen molar-refractivity contribution in [2.24, 2.45) is 0 Å². The number of aliphatic hydroxyl groups is 1. The molecule has 0 bridgehead atoms. The Kier molecular flexibility index (Phi) is 5.46. The number of amides is 1. The largest absolute Gasteiger partial charge is 0.395 e. The van der Waals surface area contributed by atoms with Crippen LogP contribution in [0.25, 0.3) is 0 Å². The lowest BCUT2D eigenvalue weighted by Crippen LogP contribution is -2.33. The first-order valence-corrected chi connectivity index (χ1v) is 7.15. The Balaban J connectivity index is 2.28. The fourth-order valence-corrected chi connectivity index (χ4v) is 2.31. The molecule has 2 aromatic rings. The molecule has 1 amide bonds. The fourth-order valence-electron chi connectivity index (χ4n) is 2.08. The number of carbonyl (C=O) groups is 1. The zero-order chi connectivity index (χ0) is 16.1. The number of hydrogen-bond donors (Lipinski definition) is 1. The summed E-state index contributed by atoms with van der Waals surface area (Å²) in [6, 6.07) is 6.16. The number of halogens is 2. The molecule has 0 aliphatic carbocycles. The van der Waals surface area contributed by atoms with Gasteiger partial charge in [-0.15, -0.1) is 0 Å². The smallest absolute Gasteiger partial charge is 0.255 e. The third-order valence-electron chi connectivity index (χ3n) is 3.23. The summed E-state index contributed by atoms with van der Waals surface area (Å²) in [4.78, 5) is 18.1. The number of pyridine rings is 1. The van der Waals surface area contributed by atoms with Gasteiger partial charge in [0.1, 0.15) is 5.82 Å². The summed E-state index contributed by atoms with van der Waals surface area (Å²) < 4.78 is 13.5. The van der Waals surface area contributed by atoms with Crippen LogP contribution in [0.4, 0.5) is 4.39 Å². The van der Waals surface area contributed by atoms with E-state index in [1.54, 1.807) is 25.4 Å². The van der Waals surface area contributed by atoms with Crippen LogP contribution in [0.3, 0.4) is 0 Å². The van der Waals surface area contributed by atoms with Gasteiger partial charge in [-0.3, -0.25) is 9.78 Å². The van der Waals surface area contributed by atoms with E-state index in [9.17, 15) is 14.3 Å². The second-order valence-corrected chi connectivity index (χ2v) is 5.30. The van der Waals surface area contributed by atoms with Gasteiger partial charge in [0.05, 0.1) is 17.2 Å². The monoisotopic (exact) mass is 322 g/mol. The zero-order valence-electron chi connectivity index (χ0n) is 12.1. The van der Waals surface area contributed by atoms with E-state index in [-0.39, 0.29) is 29.6 Å². The summed E-state index contributed by atoms with van der Waals surface area (Å²) in [5.41, 5.74) is 1.40. The maximum atomic E-state index is 13.5. The molecule has 0 saturated heterocycles. The quantitative estimate of drug-likeness (QED) is 0.921. The zero-order valence-corrected chi connectivity index (χ0v) is 12.8. The van der Waals surface area contributed by atoms with Gasteiger partial charge < -0.3 is 10.0 Å². The Hall–Kier alpha value is -1.98. The molecule has 0 aliphatic rings. The number of benzene rings is 1. The highest BCUT2D eigenvalue weighted by atomic mass is 35.5. The van der Waals surface area contributed by atoms with Crippen LogP contribution in [0.5, 0.6) is 0 Å². The van der Waals surface area contributed by atoms with Crippen molar-refractivity contribution in [2.45, 2.75) is 13.5 Å². The van der Waals surface area contributed by atoms with Crippen LogP contribution < -0.4 is 0 Å². The van der Waals surface area contributed by atoms with Gasteiger partial charge in [-0.1, -0.05) is 17.7 Å². The molecular weight excluding hydrogens is 307 g/mol. The van der Waals surface area contributed by atoms with E-state index in [4.69, 9.17) is 11.6 Å². The lowest BCUT2D eigenvalue weighted by atomic mass is 10.1. The van der Waals surface area contributed by atoms with Gasteiger partial charge in [0.2, 0.25) is 0 Å². The van der Waals surface area contributed by atoms with E-state index >= 15 is 0 Å². The van der Waals surface area contributed by atoms with Gasteiger partial charge in [0.15, 0.2) is 0 Å². The highest BCUT2D eigenvalue weighted by Crippen LogP contribution is 2.22. The highest BCUT2D eigenvalue weighted by molar-refractivity contribution is 6.33. The first kappa shape index (κ1) is 16.4. The predicted octanol–water partition coefficient (Wildman–Crippen LogP) is 2.82. The van der Waals surface area contributed by atoms with Gasteiger partial charge in [0, 0.05) is 25.5 Å². The van der Waals surface area contributed by atoms with Crippen molar-refractivity contribution in [1.29, 1.82) is 0 Å². The molecule has 6 heteroatoms. The van der Waals surface area contributed by atoms with E-state index in [0.717, 1.165) is 11.6 Å². The average molecular weight is 323 g/mol. The summed E-state index contributed by atoms with van der Waals surface area (Å²) >= 11 is 5.98. The SMILES string of the molecule is Cc1cc(C(=O)N(CCO)Cc2cccnc2)c(Cl)cc1F. The van der Waals surface area contributed by atoms with Crippen LogP contribution in [0.15, 0.2) is 36.7 Å². The predicted molar refractivity (Wildman–Crippen MR) is 82.2 cm³/mol. The van der Waals surface area contributed by atoms with E-state index in [1.807, 2.05) is 6.07 Å². The van der Waals surface area contributed by atoms with Crippen LogP contribution in [-0.4, -0.2) is 34.0 Å². The van der Waals surface area contributed by atoms with E-state index < -0.39 is 5.82 Å². The lowest BCUT2D eigenvalue weighted by molar-refractivity contribution is 0.0707. The Bertz CT molecular complexity index is 665. The Morgan fingerprint density at radius 3 is 2.86 bits per heavy atom. The second kappa shape index (κ2) is 7.33. The number of nitrogens with zero attached hydrogens (tertiary/aromatic N) is 2. The molecule has 116 valence electrons. The number of hydrogen-bond acceptors (Lipinski definition) is 3. The molecule has 0 atom stereocenters. The average Bonchev–Trinajstić information content (AvgIpc) is 2.51. The van der Waals surface area contributed by atoms with Crippen LogP contribution in [-0.2, 0) is 6.54 Å². The van der Waals surface area contributed by atoms with Crippen molar-refractivity contribution >= 4 is 17.5 Å². The molecule has 1 aromatic heterocycles. The molecule has 2 rings (SSSR count). The van der Waals surface area contributed by atoms with E-state index in [0.29, 0.717) is 12.1 Å². The second-order valence-electron chi connectivity index (χ2n) is 4.89. The summed E-state index contributed by atoms with van der Waals surface area (Å²) in [5.74, 6) is -0.812. The number of aryl methyl sites for hydroxylation is 1. The maximum Gasteiger partial charge on any atom is 0.255 e. The Morgan fingerprint density at radius 2 is 2.23 bits per heavy atom. The van der Waals surface area contributed by atoms with Gasteiger partial charge in [-0.25, -0.2) is 4.39 Å². The van der Waals surface area contributed by atoms with Crippen molar-refractivity contribution in [1.82, 2.24) is 9.88 Å². The van der Waals surface area contributed by atoms with Gasteiger partial charge in [-0.05, 0) is 36.2 Å². The van der Waals surface area contributed by atoms with Crippen molar-refractivity contribution in [3.63, 3.8) is 0 Å². The molecule has 22 heavy (non-hydrogen) atoms. The van der Waals surface area contributed by atoms with Crippen LogP contribution in [0.2, 0.25) is 5.02 Å². The molecule has 0 spiro atoms. The molecular formula is C16H16ClFN2O2. The first-order valence-electron chi connectivity index (χ1n) is 6.77. The van der Waals surface area contributed by atoms with Gasteiger partial charge >= 0.3 is 0 Å². The van der Waals surface area contributed by atoms with Crippen molar-refractivity contribution < 1.29 is 14.3 Å². The third kappa shape index (κ3) is 3.81. The third-order valence-corrected chi connectivity index (χ3v) is 3.54. The molecule has 1 N–H and O–H groups in total. The van der Waals surface area contributed by atoms with E-state index in [2.05, 4.69) is 4.98 Å². The van der Waals surface area contributed by atoms with Gasteiger partial charge in [0.25, 0.3) is 5.91 Å².